The number of nitrogens with zero attached hydrogens (tertiary/aromatic N) is 2. The number of benzene rings is 1. The van der Waals surface area contributed by atoms with E-state index in [0.717, 1.165) is 0 Å². The first-order chi connectivity index (χ1) is 14.4. The van der Waals surface area contributed by atoms with Gasteiger partial charge in [0.05, 0.1) is 15.4 Å². The summed E-state index contributed by atoms with van der Waals surface area (Å²) >= 11 is 6.45. The summed E-state index contributed by atoms with van der Waals surface area (Å²) in [6.07, 6.45) is 3.59. The molecular weight excluding hydrogens is 428 g/mol. The van der Waals surface area contributed by atoms with Crippen molar-refractivity contribution in [3.8, 4) is 11.3 Å². The molecule has 8 nitrogen and oxygen atoms in total. The van der Waals surface area contributed by atoms with Gasteiger partial charge >= 0.3 is 5.97 Å². The number of thiocarbonyl (C=S) groups is 1. The Kier molecular flexibility index (Phi) is 7.01. The Hall–Kier alpha value is -2.98. The number of aliphatic carboxylic acids is 1. The third kappa shape index (κ3) is 5.14. The van der Waals surface area contributed by atoms with Crippen LogP contribution in [0.3, 0.4) is 0 Å². The van der Waals surface area contributed by atoms with Crippen molar-refractivity contribution in [1.29, 1.82) is 0 Å². The average molecular weight is 447 g/mol. The Morgan fingerprint density at radius 3 is 2.73 bits per heavy atom. The summed E-state index contributed by atoms with van der Waals surface area (Å²) < 4.78 is 6.15. The molecule has 0 bridgehead atoms. The van der Waals surface area contributed by atoms with Crippen LogP contribution in [0, 0.1) is 10.1 Å². The van der Waals surface area contributed by atoms with Crippen LogP contribution in [-0.4, -0.2) is 37.7 Å². The fraction of sp³-hybridized carbons (Fsp3) is 0.250. The summed E-state index contributed by atoms with van der Waals surface area (Å²) in [6.45, 7) is 0.432. The summed E-state index contributed by atoms with van der Waals surface area (Å²) in [5.41, 5.74) is 0.295. The van der Waals surface area contributed by atoms with Gasteiger partial charge in [-0.25, -0.2) is 0 Å². The van der Waals surface area contributed by atoms with Crippen LogP contribution in [0.1, 0.15) is 31.4 Å². The van der Waals surface area contributed by atoms with Gasteiger partial charge < -0.3 is 9.52 Å². The summed E-state index contributed by atoms with van der Waals surface area (Å²) in [5, 5.41) is 19.9. The van der Waals surface area contributed by atoms with Gasteiger partial charge in [0.1, 0.15) is 15.8 Å². The van der Waals surface area contributed by atoms with Crippen LogP contribution in [0.5, 0.6) is 0 Å². The summed E-state index contributed by atoms with van der Waals surface area (Å²) in [7, 11) is 0. The monoisotopic (exact) mass is 446 g/mol. The number of carbonyl (C=O) groups excluding carboxylic acids is 1. The third-order valence-corrected chi connectivity index (χ3v) is 5.79. The molecule has 1 aromatic heterocycles. The average Bonchev–Trinajstić information content (AvgIpc) is 3.27. The number of unbranched alkanes of at least 4 members (excludes halogenated alkanes) is 2. The van der Waals surface area contributed by atoms with Crippen molar-refractivity contribution in [3.63, 3.8) is 0 Å². The SMILES string of the molecule is O=C(O)CCCCCN1C(=O)/C(=C/c2ccc(-c3ccccc3[N+](=O)[O-])o2)SC1=S. The van der Waals surface area contributed by atoms with E-state index in [-0.39, 0.29) is 18.0 Å². The molecule has 0 radical (unpaired) electrons. The Labute approximate surface area is 181 Å². The van der Waals surface area contributed by atoms with Crippen LogP contribution in [0.4, 0.5) is 5.69 Å². The molecule has 3 rings (SSSR count). The molecule has 0 unspecified atom stereocenters. The van der Waals surface area contributed by atoms with Crippen LogP contribution in [-0.2, 0) is 9.59 Å². The number of hydrogen-bond acceptors (Lipinski definition) is 7. The van der Waals surface area contributed by atoms with Gasteiger partial charge in [-0.1, -0.05) is 42.5 Å². The Bertz CT molecular complexity index is 1030. The summed E-state index contributed by atoms with van der Waals surface area (Å²) in [4.78, 5) is 35.8. The normalized spacial score (nSPS) is 15.2. The second kappa shape index (κ2) is 9.68. The molecule has 30 heavy (non-hydrogen) atoms. The van der Waals surface area contributed by atoms with E-state index in [1.807, 2.05) is 0 Å². The van der Waals surface area contributed by atoms with Crippen molar-refractivity contribution in [2.75, 3.05) is 6.54 Å². The van der Waals surface area contributed by atoms with E-state index in [2.05, 4.69) is 0 Å². The maximum Gasteiger partial charge on any atom is 0.303 e. The second-order valence-electron chi connectivity index (χ2n) is 6.51. The van der Waals surface area contributed by atoms with Crippen LogP contribution in [0.25, 0.3) is 17.4 Å². The van der Waals surface area contributed by atoms with E-state index in [1.54, 1.807) is 36.4 Å². The quantitative estimate of drug-likeness (QED) is 0.194. The number of carboxylic acids is 1. The zero-order valence-corrected chi connectivity index (χ0v) is 17.4. The van der Waals surface area contributed by atoms with Gasteiger partial charge in [0, 0.05) is 25.1 Å². The molecule has 2 aromatic rings. The number of furan rings is 1. The molecule has 1 amide bonds. The number of hydrogen-bond donors (Lipinski definition) is 1. The first-order valence-corrected chi connectivity index (χ1v) is 10.4. The minimum absolute atomic E-state index is 0.0624. The third-order valence-electron chi connectivity index (χ3n) is 4.41. The molecule has 156 valence electrons. The minimum Gasteiger partial charge on any atom is -0.481 e. The standard InChI is InChI=1S/C20H18N2O6S2/c23-18(24)8-2-1-5-11-21-19(25)17(30-20(21)29)12-13-9-10-16(28-13)14-6-3-4-7-15(14)22(26)27/h3-4,6-7,9-10,12H,1-2,5,8,11H2,(H,23,24)/b17-12-. The van der Waals surface area contributed by atoms with Gasteiger partial charge in [-0.3, -0.25) is 24.6 Å². The van der Waals surface area contributed by atoms with Crippen molar-refractivity contribution in [2.24, 2.45) is 0 Å². The van der Waals surface area contributed by atoms with Gasteiger partial charge in [-0.15, -0.1) is 0 Å². The molecule has 10 heteroatoms. The topological polar surface area (TPSA) is 114 Å². The maximum absolute atomic E-state index is 12.6. The van der Waals surface area contributed by atoms with Gasteiger partial charge in [0.25, 0.3) is 11.6 Å². The highest BCUT2D eigenvalue weighted by Gasteiger charge is 2.31. The Morgan fingerprint density at radius 2 is 2.00 bits per heavy atom. The molecular formula is C20H18N2O6S2. The van der Waals surface area contributed by atoms with E-state index in [1.165, 1.54) is 22.7 Å². The molecule has 0 aliphatic carbocycles. The van der Waals surface area contributed by atoms with E-state index in [0.29, 0.717) is 52.1 Å². The number of thioether (sulfide) groups is 1. The van der Waals surface area contributed by atoms with E-state index in [9.17, 15) is 19.7 Å². The molecule has 1 aliphatic heterocycles. The highest BCUT2D eigenvalue weighted by atomic mass is 32.2. The summed E-state index contributed by atoms with van der Waals surface area (Å²) in [5.74, 6) is -0.332. The van der Waals surface area contributed by atoms with E-state index < -0.39 is 10.9 Å². The molecule has 0 saturated carbocycles. The molecule has 0 spiro atoms. The zero-order chi connectivity index (χ0) is 21.7. The predicted molar refractivity (Wildman–Crippen MR) is 117 cm³/mol. The van der Waals surface area contributed by atoms with Crippen LogP contribution >= 0.6 is 24.0 Å². The number of nitro groups is 1. The van der Waals surface area contributed by atoms with Gasteiger partial charge in [-0.2, -0.15) is 0 Å². The first-order valence-electron chi connectivity index (χ1n) is 9.17. The number of carboxylic acid groups (broad SMARTS) is 1. The maximum atomic E-state index is 12.6. The summed E-state index contributed by atoms with van der Waals surface area (Å²) in [6, 6.07) is 9.54. The molecule has 2 heterocycles. The van der Waals surface area contributed by atoms with Crippen LogP contribution in [0.2, 0.25) is 0 Å². The molecule has 0 atom stereocenters. The molecule has 1 N–H and O–H groups in total. The zero-order valence-electron chi connectivity index (χ0n) is 15.8. The minimum atomic E-state index is -0.831. The fourth-order valence-electron chi connectivity index (χ4n) is 2.96. The molecule has 1 aliphatic rings. The van der Waals surface area contributed by atoms with Crippen molar-refractivity contribution >= 4 is 51.9 Å². The highest BCUT2D eigenvalue weighted by molar-refractivity contribution is 8.26. The number of carbonyl (C=O) groups is 2. The molecule has 1 aromatic carbocycles. The van der Waals surface area contributed by atoms with E-state index >= 15 is 0 Å². The van der Waals surface area contributed by atoms with Crippen molar-refractivity contribution in [2.45, 2.75) is 25.7 Å². The largest absolute Gasteiger partial charge is 0.481 e. The lowest BCUT2D eigenvalue weighted by Crippen LogP contribution is -2.29. The fourth-order valence-corrected chi connectivity index (χ4v) is 4.25. The lowest BCUT2D eigenvalue weighted by Gasteiger charge is -2.13. The van der Waals surface area contributed by atoms with E-state index in [4.69, 9.17) is 21.7 Å². The van der Waals surface area contributed by atoms with Gasteiger partial charge in [0.15, 0.2) is 0 Å². The Balaban J connectivity index is 1.68. The number of nitro benzene ring substituents is 1. The number of para-hydroxylation sites is 1. The van der Waals surface area contributed by atoms with Crippen LogP contribution < -0.4 is 0 Å². The lowest BCUT2D eigenvalue weighted by atomic mass is 10.1. The number of amides is 1. The number of rotatable bonds is 9. The van der Waals surface area contributed by atoms with Crippen LogP contribution in [0.15, 0.2) is 45.7 Å². The van der Waals surface area contributed by atoms with Crippen molar-refractivity contribution < 1.29 is 24.0 Å². The first kappa shape index (κ1) is 21.7. The Morgan fingerprint density at radius 1 is 1.23 bits per heavy atom. The van der Waals surface area contributed by atoms with Crippen molar-refractivity contribution in [1.82, 2.24) is 4.90 Å². The van der Waals surface area contributed by atoms with Gasteiger partial charge in [-0.05, 0) is 31.0 Å². The van der Waals surface area contributed by atoms with Gasteiger partial charge in [0.2, 0.25) is 0 Å². The molecule has 1 saturated heterocycles. The van der Waals surface area contributed by atoms with Crippen molar-refractivity contribution in [3.05, 3.63) is 57.2 Å². The lowest BCUT2D eigenvalue weighted by molar-refractivity contribution is -0.384. The highest BCUT2D eigenvalue weighted by Crippen LogP contribution is 2.35. The molecule has 1 fully saturated rings. The second-order valence-corrected chi connectivity index (χ2v) is 8.19. The predicted octanol–water partition coefficient (Wildman–Crippen LogP) is 4.70. The smallest absolute Gasteiger partial charge is 0.303 e.